The van der Waals surface area contributed by atoms with Crippen molar-refractivity contribution in [2.24, 2.45) is 0 Å². The molecule has 33 heavy (non-hydrogen) atoms. The first-order chi connectivity index (χ1) is 15.6. The van der Waals surface area contributed by atoms with Crippen LogP contribution >= 0.6 is 0 Å². The average Bonchev–Trinajstić information content (AvgIpc) is 2.78. The summed E-state index contributed by atoms with van der Waals surface area (Å²) in [5, 5.41) is 12.8. The summed E-state index contributed by atoms with van der Waals surface area (Å²) < 4.78 is 38.8. The molecule has 0 saturated carbocycles. The van der Waals surface area contributed by atoms with E-state index in [2.05, 4.69) is 10.2 Å². The summed E-state index contributed by atoms with van der Waals surface area (Å²) in [4.78, 5) is 23.6. The molecule has 2 aromatic carbocycles. The molecule has 2 N–H and O–H groups in total. The summed E-state index contributed by atoms with van der Waals surface area (Å²) in [5.74, 6) is -0.0750. The Hall–Kier alpha value is -3.20. The van der Waals surface area contributed by atoms with Crippen molar-refractivity contribution in [3.8, 4) is 11.4 Å². The second kappa shape index (κ2) is 8.62. The van der Waals surface area contributed by atoms with Crippen LogP contribution < -0.4 is 10.2 Å². The maximum atomic E-state index is 12.9. The molecule has 1 aliphatic rings. The number of rotatable bonds is 4. The van der Waals surface area contributed by atoms with Gasteiger partial charge in [-0.25, -0.2) is 9.97 Å². The number of amides is 1. The van der Waals surface area contributed by atoms with Gasteiger partial charge in [-0.05, 0) is 44.4 Å². The third-order valence-electron chi connectivity index (χ3n) is 5.99. The van der Waals surface area contributed by atoms with Crippen molar-refractivity contribution in [1.29, 1.82) is 0 Å². The number of aromatic nitrogens is 2. The molecule has 1 unspecified atom stereocenters. The Kier molecular flexibility index (Phi) is 6.00. The summed E-state index contributed by atoms with van der Waals surface area (Å²) in [6.07, 6.45) is -4.18. The topological polar surface area (TPSA) is 78.4 Å². The molecule has 0 radical (unpaired) electrons. The van der Waals surface area contributed by atoms with Crippen molar-refractivity contribution >= 4 is 22.6 Å². The van der Waals surface area contributed by atoms with Gasteiger partial charge < -0.3 is 15.3 Å². The second-order valence-corrected chi connectivity index (χ2v) is 8.56. The van der Waals surface area contributed by atoms with E-state index in [1.165, 1.54) is 0 Å². The first-order valence-corrected chi connectivity index (χ1v) is 10.7. The molecule has 2 heterocycles. The highest BCUT2D eigenvalue weighted by atomic mass is 19.4. The highest BCUT2D eigenvalue weighted by Crippen LogP contribution is 2.32. The number of aliphatic hydroxyl groups is 1. The fourth-order valence-electron chi connectivity index (χ4n) is 3.87. The molecule has 1 saturated heterocycles. The minimum Gasteiger partial charge on any atom is -0.373 e. The molecule has 0 aliphatic carbocycles. The van der Waals surface area contributed by atoms with Gasteiger partial charge in [-0.2, -0.15) is 13.2 Å². The molecule has 3 aromatic rings. The number of piperidine rings is 1. The monoisotopic (exact) mass is 458 g/mol. The zero-order valence-electron chi connectivity index (χ0n) is 18.4. The maximum Gasteiger partial charge on any atom is 0.426 e. The van der Waals surface area contributed by atoms with Crippen molar-refractivity contribution in [3.63, 3.8) is 0 Å². The lowest BCUT2D eigenvalue weighted by Gasteiger charge is -2.35. The van der Waals surface area contributed by atoms with Crippen LogP contribution in [-0.4, -0.2) is 51.9 Å². The first kappa shape index (κ1) is 23.0. The van der Waals surface area contributed by atoms with Gasteiger partial charge in [0, 0.05) is 30.1 Å². The van der Waals surface area contributed by atoms with Gasteiger partial charge in [-0.15, -0.1) is 0 Å². The van der Waals surface area contributed by atoms with Crippen molar-refractivity contribution in [2.45, 2.75) is 44.5 Å². The summed E-state index contributed by atoms with van der Waals surface area (Å²) >= 11 is 0. The summed E-state index contributed by atoms with van der Waals surface area (Å²) in [6, 6.07) is 15.1. The Morgan fingerprint density at radius 2 is 1.76 bits per heavy atom. The Morgan fingerprint density at radius 1 is 1.09 bits per heavy atom. The zero-order chi connectivity index (χ0) is 23.8. The number of nitrogens with one attached hydrogen (secondary N) is 1. The molecule has 4 rings (SSSR count). The van der Waals surface area contributed by atoms with E-state index >= 15 is 0 Å². The SMILES string of the molecule is Cc1ccc2c(N3CCC(NC(=O)C(C)(O)C(F)(F)F)CC3)nc(-c3ccccc3)nc2c1. The lowest BCUT2D eigenvalue weighted by Crippen LogP contribution is -2.58. The molecule has 0 spiro atoms. The predicted molar refractivity (Wildman–Crippen MR) is 120 cm³/mol. The lowest BCUT2D eigenvalue weighted by atomic mass is 10.0. The van der Waals surface area contributed by atoms with Crippen LogP contribution in [-0.2, 0) is 4.79 Å². The number of benzene rings is 2. The van der Waals surface area contributed by atoms with Gasteiger partial charge >= 0.3 is 6.18 Å². The van der Waals surface area contributed by atoms with E-state index in [1.54, 1.807) is 0 Å². The van der Waals surface area contributed by atoms with E-state index in [0.29, 0.717) is 38.7 Å². The predicted octanol–water partition coefficient (Wildman–Crippen LogP) is 4.00. The molecule has 1 amide bonds. The van der Waals surface area contributed by atoms with Gasteiger partial charge in [0.1, 0.15) is 5.82 Å². The minimum absolute atomic E-state index is 0.428. The van der Waals surface area contributed by atoms with Crippen molar-refractivity contribution in [2.75, 3.05) is 18.0 Å². The largest absolute Gasteiger partial charge is 0.426 e. The fraction of sp³-hybridized carbons (Fsp3) is 0.375. The molecule has 0 bridgehead atoms. The van der Waals surface area contributed by atoms with E-state index in [-0.39, 0.29) is 0 Å². The smallest absolute Gasteiger partial charge is 0.373 e. The van der Waals surface area contributed by atoms with Crippen LogP contribution in [0.15, 0.2) is 48.5 Å². The van der Waals surface area contributed by atoms with Crippen molar-refractivity contribution in [1.82, 2.24) is 15.3 Å². The minimum atomic E-state index is -5.04. The number of hydrogen-bond acceptors (Lipinski definition) is 5. The number of halogens is 3. The van der Waals surface area contributed by atoms with E-state index in [0.717, 1.165) is 27.8 Å². The number of carbonyl (C=O) groups is 1. The van der Waals surface area contributed by atoms with E-state index < -0.39 is 23.7 Å². The first-order valence-electron chi connectivity index (χ1n) is 10.7. The second-order valence-electron chi connectivity index (χ2n) is 8.56. The highest BCUT2D eigenvalue weighted by molar-refractivity contribution is 5.91. The number of fused-ring (bicyclic) bond motifs is 1. The number of carbonyl (C=O) groups excluding carboxylic acids is 1. The van der Waals surface area contributed by atoms with Gasteiger partial charge in [-0.3, -0.25) is 4.79 Å². The van der Waals surface area contributed by atoms with Crippen LogP contribution in [0.3, 0.4) is 0 Å². The standard InChI is InChI=1S/C24H25F3N4O2/c1-15-8-9-18-19(14-15)29-20(16-6-4-3-5-7-16)30-21(18)31-12-10-17(11-13-31)28-22(32)23(2,33)24(25,26)27/h3-9,14,17,33H,10-13H2,1-2H3,(H,28,32). The van der Waals surface area contributed by atoms with Gasteiger partial charge in [0.2, 0.25) is 5.60 Å². The van der Waals surface area contributed by atoms with Gasteiger partial charge in [0.25, 0.3) is 5.91 Å². The lowest BCUT2D eigenvalue weighted by molar-refractivity contribution is -0.245. The van der Waals surface area contributed by atoms with Crippen LogP contribution in [0, 0.1) is 6.92 Å². The van der Waals surface area contributed by atoms with E-state index in [9.17, 15) is 23.1 Å². The third-order valence-corrected chi connectivity index (χ3v) is 5.99. The Bertz CT molecular complexity index is 1160. The maximum absolute atomic E-state index is 12.9. The van der Waals surface area contributed by atoms with E-state index in [1.807, 2.05) is 55.5 Å². The molecule has 1 aliphatic heterocycles. The van der Waals surface area contributed by atoms with Gasteiger partial charge in [0.15, 0.2) is 5.82 Å². The van der Waals surface area contributed by atoms with Crippen LogP contribution in [0.2, 0.25) is 0 Å². The summed E-state index contributed by atoms with van der Waals surface area (Å²) in [6.45, 7) is 3.45. The Labute approximate surface area is 189 Å². The zero-order valence-corrected chi connectivity index (χ0v) is 18.4. The number of anilines is 1. The molecular formula is C24H25F3N4O2. The Balaban J connectivity index is 1.56. The molecule has 1 aromatic heterocycles. The molecule has 9 heteroatoms. The number of aryl methyl sites for hydroxylation is 1. The fourth-order valence-corrected chi connectivity index (χ4v) is 3.87. The average molecular weight is 458 g/mol. The van der Waals surface area contributed by atoms with Crippen molar-refractivity contribution < 1.29 is 23.1 Å². The molecule has 1 atom stereocenters. The summed E-state index contributed by atoms with van der Waals surface area (Å²) in [5.41, 5.74) is -0.645. The third kappa shape index (κ3) is 4.64. The normalized spacial score (nSPS) is 17.1. The molecule has 174 valence electrons. The number of alkyl halides is 3. The summed E-state index contributed by atoms with van der Waals surface area (Å²) in [7, 11) is 0. The highest BCUT2D eigenvalue weighted by Gasteiger charge is 2.56. The van der Waals surface area contributed by atoms with Gasteiger partial charge in [-0.1, -0.05) is 36.4 Å². The number of hydrogen-bond donors (Lipinski definition) is 2. The van der Waals surface area contributed by atoms with Crippen LogP contribution in [0.5, 0.6) is 0 Å². The molecule has 1 fully saturated rings. The van der Waals surface area contributed by atoms with Crippen LogP contribution in [0.1, 0.15) is 25.3 Å². The van der Waals surface area contributed by atoms with Crippen molar-refractivity contribution in [3.05, 3.63) is 54.1 Å². The van der Waals surface area contributed by atoms with Gasteiger partial charge in [0.05, 0.1) is 5.52 Å². The Morgan fingerprint density at radius 3 is 2.39 bits per heavy atom. The quantitative estimate of drug-likeness (QED) is 0.618. The molecule has 6 nitrogen and oxygen atoms in total. The number of nitrogens with zero attached hydrogens (tertiary/aromatic N) is 3. The molecular weight excluding hydrogens is 433 g/mol. The van der Waals surface area contributed by atoms with Crippen LogP contribution in [0.25, 0.3) is 22.3 Å². The van der Waals surface area contributed by atoms with E-state index in [4.69, 9.17) is 9.97 Å². The van der Waals surface area contributed by atoms with Crippen LogP contribution in [0.4, 0.5) is 19.0 Å².